The highest BCUT2D eigenvalue weighted by Crippen LogP contribution is 2.20. The van der Waals surface area contributed by atoms with Crippen molar-refractivity contribution >= 4 is 33.5 Å². The number of nitrogens with one attached hydrogen (secondary N) is 1. The maximum atomic E-state index is 13.6. The summed E-state index contributed by atoms with van der Waals surface area (Å²) in [5, 5.41) is 10.9. The number of aromatic carboxylic acids is 1. The molecule has 21 heavy (non-hydrogen) atoms. The molecule has 0 aliphatic rings. The number of carboxylic acids is 1. The number of nitrogens with zero attached hydrogens (tertiary/aromatic N) is 1. The Hall–Kier alpha value is -2.35. The molecular formula is C13H7BrF2N2O3. The monoisotopic (exact) mass is 356 g/mol. The predicted octanol–water partition coefficient (Wildman–Crippen LogP) is 3.07. The fourth-order valence-electron chi connectivity index (χ4n) is 1.55. The van der Waals surface area contributed by atoms with Gasteiger partial charge in [0.05, 0.1) is 11.9 Å². The summed E-state index contributed by atoms with van der Waals surface area (Å²) in [5.41, 5.74) is -0.832. The molecule has 0 aliphatic heterocycles. The first-order valence-electron chi connectivity index (χ1n) is 5.53. The molecule has 1 aromatic heterocycles. The van der Waals surface area contributed by atoms with E-state index in [9.17, 15) is 18.4 Å². The van der Waals surface area contributed by atoms with Crippen molar-refractivity contribution in [2.75, 3.05) is 5.32 Å². The molecule has 1 amide bonds. The van der Waals surface area contributed by atoms with Gasteiger partial charge < -0.3 is 10.4 Å². The zero-order valence-electron chi connectivity index (χ0n) is 10.2. The molecule has 0 radical (unpaired) electrons. The highest BCUT2D eigenvalue weighted by Gasteiger charge is 2.18. The summed E-state index contributed by atoms with van der Waals surface area (Å²) in [6.45, 7) is 0. The first-order valence-corrected chi connectivity index (χ1v) is 6.33. The number of rotatable bonds is 3. The van der Waals surface area contributed by atoms with Crippen LogP contribution < -0.4 is 5.32 Å². The van der Waals surface area contributed by atoms with Crippen LogP contribution in [0, 0.1) is 11.6 Å². The van der Waals surface area contributed by atoms with Crippen molar-refractivity contribution in [2.45, 2.75) is 0 Å². The van der Waals surface area contributed by atoms with E-state index in [0.29, 0.717) is 0 Å². The second kappa shape index (κ2) is 5.96. The largest absolute Gasteiger partial charge is 0.477 e. The van der Waals surface area contributed by atoms with Gasteiger partial charge in [0.1, 0.15) is 22.9 Å². The zero-order valence-corrected chi connectivity index (χ0v) is 11.8. The number of carboxylic acid groups (broad SMARTS) is 1. The van der Waals surface area contributed by atoms with Gasteiger partial charge in [-0.1, -0.05) is 15.9 Å². The maximum absolute atomic E-state index is 13.6. The molecule has 8 heteroatoms. The molecule has 0 aliphatic carbocycles. The van der Waals surface area contributed by atoms with Crippen molar-refractivity contribution in [1.82, 2.24) is 4.98 Å². The first-order chi connectivity index (χ1) is 9.88. The summed E-state index contributed by atoms with van der Waals surface area (Å²) in [4.78, 5) is 26.0. The Morgan fingerprint density at radius 3 is 2.29 bits per heavy atom. The highest BCUT2D eigenvalue weighted by atomic mass is 79.9. The number of pyridine rings is 1. The van der Waals surface area contributed by atoms with Gasteiger partial charge in [-0.25, -0.2) is 18.6 Å². The van der Waals surface area contributed by atoms with Gasteiger partial charge >= 0.3 is 5.97 Å². The third-order valence-electron chi connectivity index (χ3n) is 2.47. The number of hydrogen-bond donors (Lipinski definition) is 2. The van der Waals surface area contributed by atoms with E-state index in [4.69, 9.17) is 5.11 Å². The minimum atomic E-state index is -1.22. The van der Waals surface area contributed by atoms with Crippen molar-refractivity contribution in [2.24, 2.45) is 0 Å². The summed E-state index contributed by atoms with van der Waals surface area (Å²) >= 11 is 2.91. The molecule has 0 atom stereocenters. The second-order valence-corrected chi connectivity index (χ2v) is 4.85. The van der Waals surface area contributed by atoms with E-state index in [-0.39, 0.29) is 15.9 Å². The van der Waals surface area contributed by atoms with Crippen LogP contribution in [0.3, 0.4) is 0 Å². The van der Waals surface area contributed by atoms with Crippen molar-refractivity contribution < 1.29 is 23.5 Å². The van der Waals surface area contributed by atoms with Crippen LogP contribution in [0.4, 0.5) is 14.5 Å². The first kappa shape index (κ1) is 15.0. The van der Waals surface area contributed by atoms with E-state index in [1.165, 1.54) is 6.07 Å². The standard InChI is InChI=1S/C13H7BrF2N2O3/c14-6-3-8(15)11(9(16)4-6)12(19)18-7-1-2-10(13(20)21)17-5-7/h1-5H,(H,18,19)(H,20,21). The summed E-state index contributed by atoms with van der Waals surface area (Å²) in [6.07, 6.45) is 1.08. The number of benzene rings is 1. The van der Waals surface area contributed by atoms with Crippen molar-refractivity contribution in [1.29, 1.82) is 0 Å². The molecule has 0 bridgehead atoms. The van der Waals surface area contributed by atoms with Crippen molar-refractivity contribution in [3.8, 4) is 0 Å². The van der Waals surface area contributed by atoms with Crippen LogP contribution in [0.5, 0.6) is 0 Å². The molecule has 0 saturated carbocycles. The highest BCUT2D eigenvalue weighted by molar-refractivity contribution is 9.10. The van der Waals surface area contributed by atoms with Crippen LogP contribution >= 0.6 is 15.9 Å². The van der Waals surface area contributed by atoms with E-state index in [1.807, 2.05) is 0 Å². The van der Waals surface area contributed by atoms with Crippen LogP contribution in [-0.4, -0.2) is 22.0 Å². The van der Waals surface area contributed by atoms with Crippen molar-refractivity contribution in [3.63, 3.8) is 0 Å². The average molecular weight is 357 g/mol. The quantitative estimate of drug-likeness (QED) is 0.885. The molecule has 108 valence electrons. The number of carbonyl (C=O) groups excluding carboxylic acids is 1. The van der Waals surface area contributed by atoms with Gasteiger partial charge in [-0.05, 0) is 24.3 Å². The summed E-state index contributed by atoms with van der Waals surface area (Å²) < 4.78 is 27.4. The third-order valence-corrected chi connectivity index (χ3v) is 2.93. The topological polar surface area (TPSA) is 79.3 Å². The minimum absolute atomic E-state index is 0.117. The zero-order chi connectivity index (χ0) is 15.6. The van der Waals surface area contributed by atoms with E-state index < -0.39 is 29.1 Å². The van der Waals surface area contributed by atoms with Gasteiger partial charge in [0, 0.05) is 4.47 Å². The second-order valence-electron chi connectivity index (χ2n) is 3.94. The SMILES string of the molecule is O=C(O)c1ccc(NC(=O)c2c(F)cc(Br)cc2F)cn1. The molecular weight excluding hydrogens is 350 g/mol. The number of carbonyl (C=O) groups is 2. The summed E-state index contributed by atoms with van der Waals surface area (Å²) in [5.74, 6) is -4.26. The van der Waals surface area contributed by atoms with Crippen LogP contribution in [0.1, 0.15) is 20.8 Å². The molecule has 1 heterocycles. The Morgan fingerprint density at radius 1 is 1.19 bits per heavy atom. The van der Waals surface area contributed by atoms with E-state index in [1.54, 1.807) is 0 Å². The molecule has 2 rings (SSSR count). The van der Waals surface area contributed by atoms with Crippen LogP contribution in [0.2, 0.25) is 0 Å². The minimum Gasteiger partial charge on any atom is -0.477 e. The van der Waals surface area contributed by atoms with E-state index >= 15 is 0 Å². The van der Waals surface area contributed by atoms with E-state index in [2.05, 4.69) is 26.2 Å². The van der Waals surface area contributed by atoms with Gasteiger partial charge in [0.15, 0.2) is 0 Å². The molecule has 0 spiro atoms. The molecule has 0 unspecified atom stereocenters. The third kappa shape index (κ3) is 3.40. The Balaban J connectivity index is 2.24. The lowest BCUT2D eigenvalue weighted by Crippen LogP contribution is -2.16. The lowest BCUT2D eigenvalue weighted by molar-refractivity contribution is 0.0690. The molecule has 1 aromatic carbocycles. The van der Waals surface area contributed by atoms with Gasteiger partial charge in [0.25, 0.3) is 5.91 Å². The van der Waals surface area contributed by atoms with Gasteiger partial charge in [-0.3, -0.25) is 4.79 Å². The molecule has 2 N–H and O–H groups in total. The van der Waals surface area contributed by atoms with Gasteiger partial charge in [-0.2, -0.15) is 0 Å². The maximum Gasteiger partial charge on any atom is 0.354 e. The number of anilines is 1. The lowest BCUT2D eigenvalue weighted by atomic mass is 10.2. The molecule has 0 fully saturated rings. The Bertz CT molecular complexity index is 697. The van der Waals surface area contributed by atoms with Crippen molar-refractivity contribution in [3.05, 3.63) is 57.8 Å². The van der Waals surface area contributed by atoms with Crippen LogP contribution in [0.25, 0.3) is 0 Å². The Morgan fingerprint density at radius 2 is 1.81 bits per heavy atom. The predicted molar refractivity (Wildman–Crippen MR) is 73.2 cm³/mol. The molecule has 0 saturated heterocycles. The number of aromatic nitrogens is 1. The average Bonchev–Trinajstić information content (AvgIpc) is 2.37. The smallest absolute Gasteiger partial charge is 0.354 e. The van der Waals surface area contributed by atoms with Crippen LogP contribution in [-0.2, 0) is 0 Å². The Labute approximate surface area is 125 Å². The number of hydrogen-bond acceptors (Lipinski definition) is 3. The summed E-state index contributed by atoms with van der Waals surface area (Å²) in [6, 6.07) is 4.35. The van der Waals surface area contributed by atoms with Gasteiger partial charge in [0.2, 0.25) is 0 Å². The summed E-state index contributed by atoms with van der Waals surface area (Å²) in [7, 11) is 0. The normalized spacial score (nSPS) is 10.2. The number of amides is 1. The van der Waals surface area contributed by atoms with E-state index in [0.717, 1.165) is 24.4 Å². The molecule has 5 nitrogen and oxygen atoms in total. The van der Waals surface area contributed by atoms with Gasteiger partial charge in [-0.15, -0.1) is 0 Å². The van der Waals surface area contributed by atoms with Crippen LogP contribution in [0.15, 0.2) is 34.9 Å². The fourth-order valence-corrected chi connectivity index (χ4v) is 1.95. The number of halogens is 3. The Kier molecular flexibility index (Phi) is 4.27. The molecule has 2 aromatic rings. The lowest BCUT2D eigenvalue weighted by Gasteiger charge is -2.07. The fraction of sp³-hybridized carbons (Fsp3) is 0.